The van der Waals surface area contributed by atoms with Crippen molar-refractivity contribution in [2.45, 2.75) is 65.0 Å². The molecule has 0 radical (unpaired) electrons. The number of carbonyl (C=O) groups excluding carboxylic acids is 5. The van der Waals surface area contributed by atoms with Crippen molar-refractivity contribution in [3.05, 3.63) is 23.8 Å². The van der Waals surface area contributed by atoms with E-state index in [-0.39, 0.29) is 24.7 Å². The first-order chi connectivity index (χ1) is 18.0. The first kappa shape index (κ1) is 29.9. The van der Waals surface area contributed by atoms with Gasteiger partial charge in [-0.2, -0.15) is 0 Å². The van der Waals surface area contributed by atoms with Gasteiger partial charge in [0.25, 0.3) is 0 Å². The summed E-state index contributed by atoms with van der Waals surface area (Å²) in [6.07, 6.45) is -2.43. The molecule has 206 valence electrons. The Balaban J connectivity index is 2.51. The molecule has 1 saturated heterocycles. The Morgan fingerprint density at radius 2 is 1.50 bits per heavy atom. The SMILES string of the molecule is C#CCOc1cc(O[C@@H]2O[C@H](C(=O)OC)[C@@H](OC(C)=O)[C@H](OC(C)=O)[C@H]2OC(C)=O)ccc1COC(C)=O. The van der Waals surface area contributed by atoms with Crippen LogP contribution in [-0.2, 0) is 59.0 Å². The molecule has 0 N–H and O–H groups in total. The van der Waals surface area contributed by atoms with Crippen molar-refractivity contribution in [2.24, 2.45) is 0 Å². The smallest absolute Gasteiger partial charge is 0.339 e. The van der Waals surface area contributed by atoms with Gasteiger partial charge in [0.1, 0.15) is 24.7 Å². The Bertz CT molecular complexity index is 1090. The molecule has 0 aromatic heterocycles. The van der Waals surface area contributed by atoms with Crippen LogP contribution >= 0.6 is 0 Å². The summed E-state index contributed by atoms with van der Waals surface area (Å²) in [6, 6.07) is 4.38. The number of carbonyl (C=O) groups is 5. The van der Waals surface area contributed by atoms with Crippen LogP contribution in [-0.4, -0.2) is 74.3 Å². The zero-order valence-electron chi connectivity index (χ0n) is 21.4. The third-order valence-corrected chi connectivity index (χ3v) is 4.87. The van der Waals surface area contributed by atoms with E-state index in [2.05, 4.69) is 5.92 Å². The van der Waals surface area contributed by atoms with Crippen molar-refractivity contribution >= 4 is 29.8 Å². The van der Waals surface area contributed by atoms with E-state index in [0.717, 1.165) is 27.9 Å². The van der Waals surface area contributed by atoms with Crippen LogP contribution in [0.5, 0.6) is 11.5 Å². The molecule has 1 aromatic rings. The van der Waals surface area contributed by atoms with Crippen LogP contribution in [0.3, 0.4) is 0 Å². The lowest BCUT2D eigenvalue weighted by molar-refractivity contribution is -0.282. The summed E-state index contributed by atoms with van der Waals surface area (Å²) in [5.41, 5.74) is 0.462. The van der Waals surface area contributed by atoms with Gasteiger partial charge in [-0.3, -0.25) is 19.2 Å². The van der Waals surface area contributed by atoms with Gasteiger partial charge in [0.05, 0.1) is 7.11 Å². The minimum atomic E-state index is -1.62. The number of hydrogen-bond acceptors (Lipinski definition) is 13. The van der Waals surface area contributed by atoms with Crippen molar-refractivity contribution in [1.29, 1.82) is 0 Å². The third-order valence-electron chi connectivity index (χ3n) is 4.87. The molecule has 1 heterocycles. The average Bonchev–Trinajstić information content (AvgIpc) is 2.83. The van der Waals surface area contributed by atoms with Gasteiger partial charge in [-0.1, -0.05) is 5.92 Å². The molecule has 13 nitrogen and oxygen atoms in total. The average molecular weight is 536 g/mol. The first-order valence-electron chi connectivity index (χ1n) is 11.2. The number of esters is 5. The van der Waals surface area contributed by atoms with Gasteiger partial charge in [0.2, 0.25) is 12.4 Å². The zero-order chi connectivity index (χ0) is 28.4. The van der Waals surface area contributed by atoms with Gasteiger partial charge in [0.15, 0.2) is 18.3 Å². The minimum absolute atomic E-state index is 0.0851. The molecule has 0 saturated carbocycles. The second-order valence-corrected chi connectivity index (χ2v) is 7.83. The normalized spacial score (nSPS) is 22.2. The number of benzene rings is 1. The molecule has 13 heteroatoms. The third kappa shape index (κ3) is 8.38. The van der Waals surface area contributed by atoms with Crippen LogP contribution in [0.25, 0.3) is 0 Å². The fraction of sp³-hybridized carbons (Fsp3) is 0.480. The van der Waals surface area contributed by atoms with Crippen molar-refractivity contribution < 1.29 is 61.9 Å². The molecular weight excluding hydrogens is 508 g/mol. The van der Waals surface area contributed by atoms with Crippen LogP contribution in [0.1, 0.15) is 33.3 Å². The van der Waals surface area contributed by atoms with Crippen LogP contribution < -0.4 is 9.47 Å². The molecule has 1 aromatic carbocycles. The van der Waals surface area contributed by atoms with E-state index >= 15 is 0 Å². The number of hydrogen-bond donors (Lipinski definition) is 0. The molecule has 0 aliphatic carbocycles. The lowest BCUT2D eigenvalue weighted by Gasteiger charge is -2.43. The zero-order valence-corrected chi connectivity index (χ0v) is 21.4. The van der Waals surface area contributed by atoms with E-state index in [1.165, 1.54) is 25.1 Å². The van der Waals surface area contributed by atoms with E-state index in [4.69, 9.17) is 44.3 Å². The Morgan fingerprint density at radius 3 is 2.05 bits per heavy atom. The van der Waals surface area contributed by atoms with E-state index in [1.807, 2.05) is 0 Å². The highest BCUT2D eigenvalue weighted by Crippen LogP contribution is 2.33. The first-order valence-corrected chi connectivity index (χ1v) is 11.2. The second-order valence-electron chi connectivity index (χ2n) is 7.83. The van der Waals surface area contributed by atoms with Crippen LogP contribution in [0, 0.1) is 12.3 Å². The molecule has 0 amide bonds. The largest absolute Gasteiger partial charge is 0.480 e. The maximum absolute atomic E-state index is 12.5. The highest BCUT2D eigenvalue weighted by molar-refractivity contribution is 5.77. The highest BCUT2D eigenvalue weighted by Gasteiger charge is 2.55. The van der Waals surface area contributed by atoms with Gasteiger partial charge < -0.3 is 37.9 Å². The number of methoxy groups -OCH3 is 1. The summed E-state index contributed by atoms with van der Waals surface area (Å²) in [6.45, 7) is 4.24. The molecular formula is C25H28O13. The van der Waals surface area contributed by atoms with E-state index in [1.54, 1.807) is 0 Å². The summed E-state index contributed by atoms with van der Waals surface area (Å²) in [7, 11) is 1.07. The van der Waals surface area contributed by atoms with Crippen LogP contribution in [0.2, 0.25) is 0 Å². The quantitative estimate of drug-likeness (QED) is 0.235. The number of terminal acetylenes is 1. The Morgan fingerprint density at radius 1 is 0.895 bits per heavy atom. The van der Waals surface area contributed by atoms with Gasteiger partial charge in [0, 0.05) is 39.3 Å². The summed E-state index contributed by atoms with van der Waals surface area (Å²) >= 11 is 0. The highest BCUT2D eigenvalue weighted by atomic mass is 16.7. The van der Waals surface area contributed by atoms with Crippen molar-refractivity contribution in [3.63, 3.8) is 0 Å². The molecule has 0 unspecified atom stereocenters. The Labute approximate surface area is 218 Å². The topological polar surface area (TPSA) is 159 Å². The second kappa shape index (κ2) is 13.8. The molecule has 0 spiro atoms. The number of rotatable bonds is 10. The molecule has 1 fully saturated rings. The fourth-order valence-electron chi connectivity index (χ4n) is 3.47. The van der Waals surface area contributed by atoms with Crippen molar-refractivity contribution in [1.82, 2.24) is 0 Å². The fourth-order valence-corrected chi connectivity index (χ4v) is 3.47. The predicted octanol–water partition coefficient (Wildman–Crippen LogP) is 0.833. The van der Waals surface area contributed by atoms with Gasteiger partial charge in [-0.15, -0.1) is 6.42 Å². The van der Waals surface area contributed by atoms with Crippen LogP contribution in [0.15, 0.2) is 18.2 Å². The van der Waals surface area contributed by atoms with Crippen molar-refractivity contribution in [3.8, 4) is 23.8 Å². The standard InChI is InChI=1S/C25H28O13/c1-7-10-32-19-11-18(9-8-17(19)12-33-13(2)26)37-25-23(36-16(5)29)21(35-15(4)28)20(34-14(3)27)22(38-25)24(30)31-6/h1,8-9,11,20-23,25H,10,12H2,2-6H3/t20-,21-,22-,23+,25+/m0/s1. The van der Waals surface area contributed by atoms with Crippen LogP contribution in [0.4, 0.5) is 0 Å². The summed E-state index contributed by atoms with van der Waals surface area (Å²) in [5.74, 6) is -1.34. The number of ether oxygens (including phenoxy) is 8. The Hall–Kier alpha value is -4.31. The Kier molecular flexibility index (Phi) is 10.9. The van der Waals surface area contributed by atoms with Crippen molar-refractivity contribution in [2.75, 3.05) is 13.7 Å². The maximum Gasteiger partial charge on any atom is 0.339 e. The summed E-state index contributed by atoms with van der Waals surface area (Å²) in [5, 5.41) is 0. The molecule has 1 aliphatic heterocycles. The summed E-state index contributed by atoms with van der Waals surface area (Å²) in [4.78, 5) is 59.4. The molecule has 5 atom stereocenters. The summed E-state index contributed by atoms with van der Waals surface area (Å²) < 4.78 is 42.7. The van der Waals surface area contributed by atoms with E-state index in [9.17, 15) is 24.0 Å². The molecule has 2 rings (SSSR count). The predicted molar refractivity (Wildman–Crippen MR) is 124 cm³/mol. The monoisotopic (exact) mass is 536 g/mol. The lowest BCUT2D eigenvalue weighted by atomic mass is 9.97. The van der Waals surface area contributed by atoms with Gasteiger partial charge >= 0.3 is 29.8 Å². The minimum Gasteiger partial charge on any atom is -0.480 e. The van der Waals surface area contributed by atoms with E-state index in [0.29, 0.717) is 5.56 Å². The van der Waals surface area contributed by atoms with E-state index < -0.39 is 60.6 Å². The maximum atomic E-state index is 12.5. The lowest BCUT2D eigenvalue weighted by Crippen LogP contribution is -2.64. The molecule has 38 heavy (non-hydrogen) atoms. The van der Waals surface area contributed by atoms with Gasteiger partial charge in [-0.05, 0) is 12.1 Å². The molecule has 0 bridgehead atoms. The molecule has 1 aliphatic rings. The van der Waals surface area contributed by atoms with Gasteiger partial charge in [-0.25, -0.2) is 4.79 Å².